The lowest BCUT2D eigenvalue weighted by Gasteiger charge is -2.07. The van der Waals surface area contributed by atoms with Crippen LogP contribution in [0.4, 0.5) is 0 Å². The first-order valence-electron chi connectivity index (χ1n) is 4.92. The van der Waals surface area contributed by atoms with Gasteiger partial charge in [0.15, 0.2) is 0 Å². The van der Waals surface area contributed by atoms with Crippen LogP contribution in [-0.2, 0) is 11.2 Å². The molecule has 0 amide bonds. The van der Waals surface area contributed by atoms with Crippen molar-refractivity contribution >= 4 is 5.97 Å². The summed E-state index contributed by atoms with van der Waals surface area (Å²) in [5, 5.41) is 0. The van der Waals surface area contributed by atoms with E-state index in [2.05, 4.69) is 4.98 Å². The Morgan fingerprint density at radius 1 is 1.47 bits per heavy atom. The second-order valence-corrected chi connectivity index (χ2v) is 2.96. The minimum absolute atomic E-state index is 0.328. The lowest BCUT2D eigenvalue weighted by Crippen LogP contribution is -2.08. The van der Waals surface area contributed by atoms with Gasteiger partial charge in [0.05, 0.1) is 19.9 Å². The third-order valence-corrected chi connectivity index (χ3v) is 2.03. The summed E-state index contributed by atoms with van der Waals surface area (Å²) in [6.07, 6.45) is 2.34. The first-order valence-corrected chi connectivity index (χ1v) is 4.92. The van der Waals surface area contributed by atoms with Gasteiger partial charge in [0.1, 0.15) is 11.4 Å². The van der Waals surface area contributed by atoms with Crippen LogP contribution in [0.25, 0.3) is 0 Å². The highest BCUT2D eigenvalue weighted by Crippen LogP contribution is 2.18. The zero-order valence-electron chi connectivity index (χ0n) is 9.24. The first kappa shape index (κ1) is 11.5. The molecule has 0 aromatic carbocycles. The number of ether oxygens (including phenoxy) is 2. The monoisotopic (exact) mass is 209 g/mol. The Hall–Kier alpha value is -1.58. The number of methoxy groups -OCH3 is 1. The second kappa shape index (κ2) is 5.34. The average molecular weight is 209 g/mol. The van der Waals surface area contributed by atoms with Crippen molar-refractivity contribution in [1.82, 2.24) is 4.98 Å². The van der Waals surface area contributed by atoms with E-state index in [1.54, 1.807) is 26.3 Å². The number of carbonyl (C=O) groups is 1. The van der Waals surface area contributed by atoms with E-state index in [1.165, 1.54) is 0 Å². The lowest BCUT2D eigenvalue weighted by atomic mass is 10.1. The molecule has 1 rings (SSSR count). The van der Waals surface area contributed by atoms with E-state index in [4.69, 9.17) is 9.47 Å². The number of pyridine rings is 1. The van der Waals surface area contributed by atoms with Crippen LogP contribution in [0.15, 0.2) is 12.3 Å². The Balaban J connectivity index is 2.97. The summed E-state index contributed by atoms with van der Waals surface area (Å²) in [6.45, 7) is 4.11. The number of hydrogen-bond donors (Lipinski definition) is 0. The van der Waals surface area contributed by atoms with Crippen LogP contribution in [0.2, 0.25) is 0 Å². The Kier molecular flexibility index (Phi) is 4.09. The normalized spacial score (nSPS) is 9.80. The van der Waals surface area contributed by atoms with E-state index < -0.39 is 5.97 Å². The third kappa shape index (κ3) is 2.68. The number of hydrogen-bond acceptors (Lipinski definition) is 4. The Labute approximate surface area is 89.2 Å². The van der Waals surface area contributed by atoms with Crippen molar-refractivity contribution in [1.29, 1.82) is 0 Å². The minimum Gasteiger partial charge on any atom is -0.495 e. The first-order chi connectivity index (χ1) is 7.22. The van der Waals surface area contributed by atoms with Gasteiger partial charge in [-0.25, -0.2) is 9.78 Å². The predicted molar refractivity (Wildman–Crippen MR) is 56.1 cm³/mol. The summed E-state index contributed by atoms with van der Waals surface area (Å²) in [7, 11) is 1.58. The molecule has 0 fully saturated rings. The molecule has 0 aliphatic heterocycles. The molecule has 1 aromatic rings. The number of aryl methyl sites for hydroxylation is 1. The van der Waals surface area contributed by atoms with Crippen molar-refractivity contribution in [2.75, 3.05) is 13.7 Å². The molecule has 0 unspecified atom stereocenters. The molecule has 0 saturated carbocycles. The number of nitrogens with zero attached hydrogens (tertiary/aromatic N) is 1. The molecule has 0 bridgehead atoms. The summed E-state index contributed by atoms with van der Waals surface area (Å²) in [5.74, 6) is 0.306. The summed E-state index contributed by atoms with van der Waals surface area (Å²) in [6, 6.07) is 1.71. The van der Waals surface area contributed by atoms with E-state index in [1.807, 2.05) is 6.92 Å². The van der Waals surface area contributed by atoms with Crippen molar-refractivity contribution in [2.45, 2.75) is 20.3 Å². The molecule has 15 heavy (non-hydrogen) atoms. The van der Waals surface area contributed by atoms with Crippen LogP contribution in [0.1, 0.15) is 29.9 Å². The maximum atomic E-state index is 11.4. The van der Waals surface area contributed by atoms with Crippen LogP contribution >= 0.6 is 0 Å². The second-order valence-electron chi connectivity index (χ2n) is 2.96. The minimum atomic E-state index is -0.394. The van der Waals surface area contributed by atoms with Gasteiger partial charge in [-0.15, -0.1) is 0 Å². The van der Waals surface area contributed by atoms with Crippen molar-refractivity contribution in [3.63, 3.8) is 0 Å². The molecule has 0 aliphatic rings. The smallest absolute Gasteiger partial charge is 0.356 e. The molecule has 1 heterocycles. The third-order valence-electron chi connectivity index (χ3n) is 2.03. The Bertz CT molecular complexity index is 350. The van der Waals surface area contributed by atoms with E-state index >= 15 is 0 Å². The number of aromatic nitrogens is 1. The highest BCUT2D eigenvalue weighted by atomic mass is 16.5. The van der Waals surface area contributed by atoms with Crippen LogP contribution in [0.5, 0.6) is 5.75 Å². The average Bonchev–Trinajstić information content (AvgIpc) is 2.28. The van der Waals surface area contributed by atoms with Gasteiger partial charge in [-0.1, -0.05) is 6.92 Å². The summed E-state index contributed by atoms with van der Waals surface area (Å²) in [5.41, 5.74) is 1.28. The molecular weight excluding hydrogens is 194 g/mol. The molecule has 0 saturated heterocycles. The number of rotatable bonds is 4. The van der Waals surface area contributed by atoms with Gasteiger partial charge in [-0.3, -0.25) is 0 Å². The number of carbonyl (C=O) groups excluding carboxylic acids is 1. The molecule has 1 aromatic heterocycles. The van der Waals surface area contributed by atoms with Gasteiger partial charge in [-0.2, -0.15) is 0 Å². The van der Waals surface area contributed by atoms with Crippen LogP contribution in [-0.4, -0.2) is 24.7 Å². The highest BCUT2D eigenvalue weighted by molar-refractivity contribution is 5.87. The van der Waals surface area contributed by atoms with E-state index in [0.29, 0.717) is 18.1 Å². The fourth-order valence-electron chi connectivity index (χ4n) is 1.26. The molecule has 0 radical (unpaired) electrons. The van der Waals surface area contributed by atoms with Gasteiger partial charge in [-0.05, 0) is 25.0 Å². The van der Waals surface area contributed by atoms with Gasteiger partial charge in [0, 0.05) is 0 Å². The quantitative estimate of drug-likeness (QED) is 0.710. The molecule has 4 heteroatoms. The van der Waals surface area contributed by atoms with E-state index in [-0.39, 0.29) is 0 Å². The lowest BCUT2D eigenvalue weighted by molar-refractivity contribution is 0.0519. The molecule has 0 aliphatic carbocycles. The number of esters is 1. The maximum absolute atomic E-state index is 11.4. The molecule has 82 valence electrons. The molecule has 0 N–H and O–H groups in total. The summed E-state index contributed by atoms with van der Waals surface area (Å²) < 4.78 is 9.97. The van der Waals surface area contributed by atoms with Crippen LogP contribution in [0.3, 0.4) is 0 Å². The molecule has 4 nitrogen and oxygen atoms in total. The van der Waals surface area contributed by atoms with Crippen molar-refractivity contribution < 1.29 is 14.3 Å². The summed E-state index contributed by atoms with van der Waals surface area (Å²) >= 11 is 0. The van der Waals surface area contributed by atoms with Crippen molar-refractivity contribution in [3.05, 3.63) is 23.5 Å². The van der Waals surface area contributed by atoms with Gasteiger partial charge >= 0.3 is 5.97 Å². The van der Waals surface area contributed by atoms with Crippen molar-refractivity contribution in [3.8, 4) is 5.75 Å². The van der Waals surface area contributed by atoms with Gasteiger partial charge in [0.25, 0.3) is 0 Å². The molecule has 0 spiro atoms. The van der Waals surface area contributed by atoms with Crippen molar-refractivity contribution in [2.24, 2.45) is 0 Å². The van der Waals surface area contributed by atoms with Crippen LogP contribution < -0.4 is 4.74 Å². The zero-order valence-corrected chi connectivity index (χ0v) is 9.24. The molecular formula is C11H15NO3. The van der Waals surface area contributed by atoms with Gasteiger partial charge < -0.3 is 9.47 Å². The van der Waals surface area contributed by atoms with Crippen LogP contribution in [0, 0.1) is 0 Å². The maximum Gasteiger partial charge on any atom is 0.356 e. The fourth-order valence-corrected chi connectivity index (χ4v) is 1.26. The topological polar surface area (TPSA) is 48.4 Å². The van der Waals surface area contributed by atoms with E-state index in [9.17, 15) is 4.79 Å². The Morgan fingerprint density at radius 2 is 2.20 bits per heavy atom. The SMILES string of the molecule is CCOC(=O)c1cc(CC)c(OC)cn1. The molecule has 0 atom stereocenters. The zero-order chi connectivity index (χ0) is 11.3. The Morgan fingerprint density at radius 3 is 2.73 bits per heavy atom. The van der Waals surface area contributed by atoms with E-state index in [0.717, 1.165) is 12.0 Å². The predicted octanol–water partition coefficient (Wildman–Crippen LogP) is 1.83. The highest BCUT2D eigenvalue weighted by Gasteiger charge is 2.11. The summed E-state index contributed by atoms with van der Waals surface area (Å²) in [4.78, 5) is 15.4. The largest absolute Gasteiger partial charge is 0.495 e. The fraction of sp³-hybridized carbons (Fsp3) is 0.455. The standard InChI is InChI=1S/C11H15NO3/c1-4-8-6-9(11(13)15-5-2)12-7-10(8)14-3/h6-7H,4-5H2,1-3H3. The van der Waals surface area contributed by atoms with Gasteiger partial charge in [0.2, 0.25) is 0 Å².